The summed E-state index contributed by atoms with van der Waals surface area (Å²) in [5, 5.41) is 0. The molecule has 0 fully saturated rings. The number of rotatable bonds is 0. The van der Waals surface area contributed by atoms with Gasteiger partial charge in [0, 0.05) is 13.1 Å². The molecule has 0 atom stereocenters. The Morgan fingerprint density at radius 3 is 2.09 bits per heavy atom. The van der Waals surface area contributed by atoms with E-state index in [1.807, 2.05) is 0 Å². The van der Waals surface area contributed by atoms with Gasteiger partial charge in [-0.25, -0.2) is 0 Å². The minimum atomic E-state index is -0.0417. The third-order valence-corrected chi connectivity index (χ3v) is 1.83. The van der Waals surface area contributed by atoms with Crippen molar-refractivity contribution in [3.05, 3.63) is 20.8 Å². The van der Waals surface area contributed by atoms with E-state index in [-0.39, 0.29) is 53.4 Å². The Kier molecular flexibility index (Phi) is 12.6. The summed E-state index contributed by atoms with van der Waals surface area (Å²) in [7, 11) is 1.68. The van der Waals surface area contributed by atoms with E-state index < -0.39 is 0 Å². The topological polar surface area (TPSA) is 22.0 Å². The molecule has 60 valence electrons. The molecule has 0 amide bonds. The first-order valence-electron chi connectivity index (χ1n) is 2.03. The molecule has 0 bridgehead atoms. The van der Waals surface area contributed by atoms with Crippen LogP contribution in [0.3, 0.4) is 0 Å². The molecule has 0 radical (unpaired) electrons. The Morgan fingerprint density at radius 2 is 2.00 bits per heavy atom. The molecule has 1 aromatic rings. The summed E-state index contributed by atoms with van der Waals surface area (Å²) in [4.78, 5) is 10.5. The molecule has 0 aliphatic rings. The van der Waals surface area contributed by atoms with E-state index in [1.54, 1.807) is 7.05 Å². The Bertz CT molecular complexity index is 248. The van der Waals surface area contributed by atoms with E-state index in [4.69, 9.17) is 11.6 Å². The molecular formula is C4H4Cl3MgNOS. The van der Waals surface area contributed by atoms with Gasteiger partial charge in [0.25, 0.3) is 5.56 Å². The summed E-state index contributed by atoms with van der Waals surface area (Å²) < 4.78 is 2.01. The second-order valence-corrected chi connectivity index (χ2v) is 3.18. The molecule has 0 N–H and O–H groups in total. The van der Waals surface area contributed by atoms with Crippen molar-refractivity contribution < 1.29 is 24.8 Å². The monoisotopic (exact) mass is 243 g/mol. The normalized spacial score (nSPS) is 7.09. The smallest absolute Gasteiger partial charge is 1.00 e. The molecule has 0 spiro atoms. The number of hydrogen-bond acceptors (Lipinski definition) is 2. The van der Waals surface area contributed by atoms with Crippen molar-refractivity contribution in [3.63, 3.8) is 0 Å². The van der Waals surface area contributed by atoms with Gasteiger partial charge in [-0.3, -0.25) is 8.75 Å². The second-order valence-electron chi connectivity index (χ2n) is 1.38. The van der Waals surface area contributed by atoms with Crippen molar-refractivity contribution in [1.82, 2.24) is 3.96 Å². The average molecular weight is 245 g/mol. The van der Waals surface area contributed by atoms with Gasteiger partial charge in [0.15, 0.2) is 0 Å². The molecule has 7 heteroatoms. The second kappa shape index (κ2) is 7.70. The fraction of sp³-hybridized carbons (Fsp3) is 0.250. The zero-order valence-corrected chi connectivity index (χ0v) is 10.2. The SMILES string of the molecule is Cn1sc(Cl)cc1=O.[Cl-].[Cl-].[Mg+2]. The molecule has 0 unspecified atom stereocenters. The van der Waals surface area contributed by atoms with Gasteiger partial charge in [0.1, 0.15) is 4.34 Å². The van der Waals surface area contributed by atoms with Crippen LogP contribution in [0.15, 0.2) is 10.9 Å². The molecule has 0 aliphatic heterocycles. The maximum Gasteiger partial charge on any atom is 2.00 e. The largest absolute Gasteiger partial charge is 2.00 e. The third-order valence-electron chi connectivity index (χ3n) is 0.771. The molecule has 11 heavy (non-hydrogen) atoms. The first-order chi connectivity index (χ1) is 3.70. The maximum absolute atomic E-state index is 10.5. The standard InChI is InChI=1S/C4H4ClNOS.2ClH.Mg/c1-6-4(7)2-3(5)8-6;;;/h2H,1H3;2*1H;/q;;;+2/p-2. The minimum absolute atomic E-state index is 0. The van der Waals surface area contributed by atoms with Crippen LogP contribution in [0, 0.1) is 0 Å². The Hall–Kier alpha value is 1.07. The molecule has 0 aliphatic carbocycles. The van der Waals surface area contributed by atoms with Crippen LogP contribution in [0.2, 0.25) is 4.34 Å². The summed E-state index contributed by atoms with van der Waals surface area (Å²) in [6.45, 7) is 0. The third kappa shape index (κ3) is 5.33. The summed E-state index contributed by atoms with van der Waals surface area (Å²) in [6, 6.07) is 1.40. The number of aryl methyl sites for hydroxylation is 1. The predicted octanol–water partition coefficient (Wildman–Crippen LogP) is -5.27. The molecule has 0 aromatic carbocycles. The van der Waals surface area contributed by atoms with Gasteiger partial charge in [0.05, 0.1) is 0 Å². The van der Waals surface area contributed by atoms with Crippen LogP contribution < -0.4 is 30.4 Å². The number of aromatic nitrogens is 1. The number of nitrogens with zero attached hydrogens (tertiary/aromatic N) is 1. The van der Waals surface area contributed by atoms with Crippen LogP contribution in [0.5, 0.6) is 0 Å². The van der Waals surface area contributed by atoms with Crippen molar-refractivity contribution >= 4 is 46.2 Å². The van der Waals surface area contributed by atoms with Crippen LogP contribution in [-0.4, -0.2) is 27.0 Å². The summed E-state index contributed by atoms with van der Waals surface area (Å²) in [6.07, 6.45) is 0. The van der Waals surface area contributed by atoms with E-state index in [1.165, 1.54) is 21.6 Å². The van der Waals surface area contributed by atoms with Crippen molar-refractivity contribution in [2.24, 2.45) is 7.05 Å². The van der Waals surface area contributed by atoms with Crippen molar-refractivity contribution in [1.29, 1.82) is 0 Å². The Balaban J connectivity index is -0.000000213. The van der Waals surface area contributed by atoms with Gasteiger partial charge in [-0.2, -0.15) is 0 Å². The fourth-order valence-corrected chi connectivity index (χ4v) is 1.35. The van der Waals surface area contributed by atoms with E-state index in [0.29, 0.717) is 4.34 Å². The predicted molar refractivity (Wildman–Crippen MR) is 40.3 cm³/mol. The van der Waals surface area contributed by atoms with Gasteiger partial charge in [0.2, 0.25) is 0 Å². The molecule has 0 saturated carbocycles. The summed E-state index contributed by atoms with van der Waals surface area (Å²) in [5.41, 5.74) is -0.0417. The quantitative estimate of drug-likeness (QED) is 0.418. The number of hydrogen-bond donors (Lipinski definition) is 0. The molecule has 2 nitrogen and oxygen atoms in total. The van der Waals surface area contributed by atoms with Gasteiger partial charge in [-0.1, -0.05) is 11.6 Å². The zero-order chi connectivity index (χ0) is 6.15. The summed E-state index contributed by atoms with van der Waals surface area (Å²) >= 11 is 6.70. The molecular weight excluding hydrogens is 241 g/mol. The fourth-order valence-electron chi connectivity index (χ4n) is 0.390. The first-order valence-corrected chi connectivity index (χ1v) is 3.18. The van der Waals surface area contributed by atoms with Gasteiger partial charge >= 0.3 is 23.1 Å². The van der Waals surface area contributed by atoms with Crippen LogP contribution in [0.25, 0.3) is 0 Å². The molecule has 0 saturated heterocycles. The molecule has 1 aromatic heterocycles. The average Bonchev–Trinajstić information content (AvgIpc) is 1.85. The maximum atomic E-state index is 10.5. The van der Waals surface area contributed by atoms with E-state index in [0.717, 1.165) is 0 Å². The van der Waals surface area contributed by atoms with E-state index in [9.17, 15) is 4.79 Å². The van der Waals surface area contributed by atoms with E-state index in [2.05, 4.69) is 0 Å². The minimum Gasteiger partial charge on any atom is -1.00 e. The van der Waals surface area contributed by atoms with Gasteiger partial charge in [-0.15, -0.1) is 0 Å². The van der Waals surface area contributed by atoms with Crippen molar-refractivity contribution in [3.8, 4) is 0 Å². The molecule has 1 rings (SSSR count). The van der Waals surface area contributed by atoms with E-state index >= 15 is 0 Å². The van der Waals surface area contributed by atoms with Crippen LogP contribution in [0.1, 0.15) is 0 Å². The Labute approximate surface area is 102 Å². The summed E-state index contributed by atoms with van der Waals surface area (Å²) in [5.74, 6) is 0. The van der Waals surface area contributed by atoms with Crippen LogP contribution >= 0.6 is 23.1 Å². The number of halogens is 3. The first kappa shape index (κ1) is 18.0. The zero-order valence-electron chi connectivity index (χ0n) is 5.68. The van der Waals surface area contributed by atoms with Gasteiger partial charge < -0.3 is 24.8 Å². The Morgan fingerprint density at radius 1 is 1.55 bits per heavy atom. The van der Waals surface area contributed by atoms with Crippen LogP contribution in [-0.2, 0) is 7.05 Å². The van der Waals surface area contributed by atoms with Gasteiger partial charge in [-0.05, 0) is 11.5 Å². The van der Waals surface area contributed by atoms with Crippen molar-refractivity contribution in [2.75, 3.05) is 0 Å². The van der Waals surface area contributed by atoms with Crippen LogP contribution in [0.4, 0.5) is 0 Å². The molecule has 1 heterocycles. The van der Waals surface area contributed by atoms with Crippen molar-refractivity contribution in [2.45, 2.75) is 0 Å².